The average Bonchev–Trinajstić information content (AvgIpc) is 3.90. The Kier molecular flexibility index (Phi) is 14.9. The Bertz CT molecular complexity index is 2090. The first-order chi connectivity index (χ1) is 27.0. The van der Waals surface area contributed by atoms with E-state index in [0.717, 1.165) is 71.6 Å². The van der Waals surface area contributed by atoms with Gasteiger partial charge in [0.25, 0.3) is 0 Å². The molecule has 6 aromatic rings. The Labute approximate surface area is 336 Å². The van der Waals surface area contributed by atoms with Gasteiger partial charge in [-0.1, -0.05) is 90.7 Å². The van der Waals surface area contributed by atoms with E-state index in [4.69, 9.17) is 9.47 Å². The van der Waals surface area contributed by atoms with Crippen LogP contribution in [0.2, 0.25) is 0 Å². The summed E-state index contributed by atoms with van der Waals surface area (Å²) in [6.07, 6.45) is 16.4. The van der Waals surface area contributed by atoms with Crippen LogP contribution in [0.4, 0.5) is 17.1 Å². The van der Waals surface area contributed by atoms with Gasteiger partial charge in [0, 0.05) is 38.9 Å². The fraction of sp³-hybridized carbons (Fsp3) is 0.396. The first-order valence-corrected chi connectivity index (χ1v) is 22.2. The summed E-state index contributed by atoms with van der Waals surface area (Å²) in [6.45, 7) is 11.1. The molecule has 0 fully saturated rings. The molecule has 0 aliphatic rings. The molecule has 0 atom stereocenters. The number of rotatable bonds is 22. The lowest BCUT2D eigenvalue weighted by Gasteiger charge is -2.26. The molecule has 0 radical (unpaired) electrons. The van der Waals surface area contributed by atoms with Crippen LogP contribution in [0.1, 0.15) is 110 Å². The molecule has 0 N–H and O–H groups in total. The fourth-order valence-electron chi connectivity index (χ4n) is 7.08. The van der Waals surface area contributed by atoms with Gasteiger partial charge < -0.3 is 18.9 Å². The number of hydrogen-bond acceptors (Lipinski definition) is 6. The van der Waals surface area contributed by atoms with Crippen LogP contribution in [0.25, 0.3) is 36.9 Å². The molecule has 5 nitrogen and oxygen atoms in total. The van der Waals surface area contributed by atoms with E-state index in [2.05, 4.69) is 121 Å². The van der Waals surface area contributed by atoms with Gasteiger partial charge in [0.15, 0.2) is 0 Å². The predicted octanol–water partition coefficient (Wildman–Crippen LogP) is 15.5. The number of hydrogen-bond donors (Lipinski definition) is 0. The number of ether oxygens (including phenoxy) is 2. The van der Waals surface area contributed by atoms with Crippen LogP contribution in [0.5, 0.6) is 11.5 Å². The Morgan fingerprint density at radius 3 is 1.65 bits per heavy atom. The molecule has 288 valence electrons. The molecular formula is C48H57N3O2S2. The molecule has 6 rings (SSSR count). The summed E-state index contributed by atoms with van der Waals surface area (Å²) in [6, 6.07) is 32.9. The van der Waals surface area contributed by atoms with Crippen molar-refractivity contribution in [3.63, 3.8) is 0 Å². The number of nitriles is 1. The Hall–Kier alpha value is -4.51. The largest absolute Gasteiger partial charge is 0.494 e. The van der Waals surface area contributed by atoms with Crippen molar-refractivity contribution in [1.82, 2.24) is 4.57 Å². The van der Waals surface area contributed by atoms with Crippen molar-refractivity contribution >= 4 is 66.2 Å². The minimum Gasteiger partial charge on any atom is -0.494 e. The van der Waals surface area contributed by atoms with Gasteiger partial charge in [0.1, 0.15) is 11.5 Å². The van der Waals surface area contributed by atoms with Crippen molar-refractivity contribution in [2.45, 2.75) is 111 Å². The van der Waals surface area contributed by atoms with E-state index in [-0.39, 0.29) is 0 Å². The number of allylic oxidation sites excluding steroid dienone is 1. The van der Waals surface area contributed by atoms with E-state index < -0.39 is 0 Å². The third-order valence-electron chi connectivity index (χ3n) is 10.1. The van der Waals surface area contributed by atoms with Crippen molar-refractivity contribution in [3.8, 4) is 28.0 Å². The summed E-state index contributed by atoms with van der Waals surface area (Å²) in [4.78, 5) is 4.72. The first kappa shape index (κ1) is 40.2. The van der Waals surface area contributed by atoms with E-state index in [1.54, 1.807) is 11.3 Å². The maximum atomic E-state index is 9.42. The van der Waals surface area contributed by atoms with Crippen LogP contribution in [0.15, 0.2) is 90.5 Å². The summed E-state index contributed by atoms with van der Waals surface area (Å²) in [5, 5.41) is 9.42. The van der Waals surface area contributed by atoms with Crippen molar-refractivity contribution in [3.05, 3.63) is 95.4 Å². The van der Waals surface area contributed by atoms with Gasteiger partial charge in [-0.15, -0.1) is 22.7 Å². The number of thiophene rings is 2. The maximum absolute atomic E-state index is 9.42. The molecule has 3 aromatic carbocycles. The predicted molar refractivity (Wildman–Crippen MR) is 238 cm³/mol. The zero-order valence-corrected chi connectivity index (χ0v) is 34.9. The zero-order chi connectivity index (χ0) is 38.4. The molecule has 0 unspecified atom stereocenters. The van der Waals surface area contributed by atoms with Crippen molar-refractivity contribution < 1.29 is 9.47 Å². The third-order valence-corrected chi connectivity index (χ3v) is 12.5. The van der Waals surface area contributed by atoms with E-state index in [1.165, 1.54) is 95.1 Å². The first-order valence-electron chi connectivity index (χ1n) is 20.5. The standard InChI is InChI=1S/C48H57N3O2S2/c1-5-8-11-14-29-50-44-33-43(32-36(4)35-49)54-47(44)48-45(50)34-46(55-48)37-17-19-38(20-18-37)51(39-21-25-41(26-22-39)52-30-15-12-9-6-2)40-23-27-42(28-24-40)53-31-16-13-10-7-3/h17-28,32-34H,5-16,29-31H2,1-4H3/b36-32-. The normalized spacial score (nSPS) is 11.7. The summed E-state index contributed by atoms with van der Waals surface area (Å²) < 4.78 is 17.4. The van der Waals surface area contributed by atoms with Crippen LogP contribution in [0.3, 0.4) is 0 Å². The summed E-state index contributed by atoms with van der Waals surface area (Å²) in [5.74, 6) is 1.81. The number of aryl methyl sites for hydroxylation is 1. The van der Waals surface area contributed by atoms with Gasteiger partial charge in [-0.2, -0.15) is 5.26 Å². The summed E-state index contributed by atoms with van der Waals surface area (Å²) in [5.41, 5.74) is 7.81. The highest BCUT2D eigenvalue weighted by atomic mass is 32.1. The SMILES string of the molecule is CCCCCCOc1ccc(N(c2ccc(OCCCCCC)cc2)c2ccc(-c3cc4c(s3)c3sc(/C=C(/C)C#N)cc3n4CCCCCC)cc2)cc1. The molecule has 0 bridgehead atoms. The maximum Gasteiger partial charge on any atom is 0.119 e. The highest BCUT2D eigenvalue weighted by Crippen LogP contribution is 2.45. The number of anilines is 3. The quantitative estimate of drug-likeness (QED) is 0.0509. The number of fused-ring (bicyclic) bond motifs is 3. The minimum atomic E-state index is 0.736. The minimum absolute atomic E-state index is 0.736. The third kappa shape index (κ3) is 10.4. The van der Waals surface area contributed by atoms with Crippen LogP contribution in [0, 0.1) is 11.3 Å². The molecule has 0 saturated carbocycles. The smallest absolute Gasteiger partial charge is 0.119 e. The average molecular weight is 772 g/mol. The Morgan fingerprint density at radius 2 is 1.13 bits per heavy atom. The summed E-state index contributed by atoms with van der Waals surface area (Å²) >= 11 is 3.68. The lowest BCUT2D eigenvalue weighted by atomic mass is 10.1. The summed E-state index contributed by atoms with van der Waals surface area (Å²) in [7, 11) is 0. The highest BCUT2D eigenvalue weighted by Gasteiger charge is 2.19. The van der Waals surface area contributed by atoms with Gasteiger partial charge in [0.2, 0.25) is 0 Å². The van der Waals surface area contributed by atoms with E-state index in [1.807, 2.05) is 24.3 Å². The van der Waals surface area contributed by atoms with Crippen molar-refractivity contribution in [2.75, 3.05) is 18.1 Å². The lowest BCUT2D eigenvalue weighted by Crippen LogP contribution is -2.10. The van der Waals surface area contributed by atoms with Gasteiger partial charge in [-0.25, -0.2) is 0 Å². The lowest BCUT2D eigenvalue weighted by molar-refractivity contribution is 0.305. The van der Waals surface area contributed by atoms with Gasteiger partial charge in [0.05, 0.1) is 39.7 Å². The van der Waals surface area contributed by atoms with Crippen LogP contribution >= 0.6 is 22.7 Å². The second kappa shape index (κ2) is 20.4. The highest BCUT2D eigenvalue weighted by molar-refractivity contribution is 7.29. The molecule has 0 aliphatic carbocycles. The molecular weight excluding hydrogens is 715 g/mol. The Balaban J connectivity index is 1.28. The van der Waals surface area contributed by atoms with Crippen LogP contribution in [-0.2, 0) is 6.54 Å². The Morgan fingerprint density at radius 1 is 0.636 bits per heavy atom. The molecule has 0 aliphatic heterocycles. The number of unbranched alkanes of at least 4 members (excludes halogenated alkanes) is 9. The van der Waals surface area contributed by atoms with Crippen molar-refractivity contribution in [2.24, 2.45) is 0 Å². The van der Waals surface area contributed by atoms with Crippen molar-refractivity contribution in [1.29, 1.82) is 5.26 Å². The van der Waals surface area contributed by atoms with Gasteiger partial charge in [-0.05, 0) is 111 Å². The molecule has 0 amide bonds. The van der Waals surface area contributed by atoms with E-state index in [0.29, 0.717) is 0 Å². The monoisotopic (exact) mass is 771 g/mol. The molecule has 3 heterocycles. The zero-order valence-electron chi connectivity index (χ0n) is 33.2. The van der Waals surface area contributed by atoms with Gasteiger partial charge >= 0.3 is 0 Å². The molecule has 0 spiro atoms. The van der Waals surface area contributed by atoms with Gasteiger partial charge in [-0.3, -0.25) is 0 Å². The van der Waals surface area contributed by atoms with Crippen LogP contribution in [-0.4, -0.2) is 17.8 Å². The van der Waals surface area contributed by atoms with E-state index in [9.17, 15) is 5.26 Å². The second-order valence-corrected chi connectivity index (χ2v) is 16.7. The second-order valence-electron chi connectivity index (χ2n) is 14.5. The topological polar surface area (TPSA) is 50.4 Å². The number of nitrogens with zero attached hydrogens (tertiary/aromatic N) is 3. The molecule has 55 heavy (non-hydrogen) atoms. The molecule has 7 heteroatoms. The molecule has 3 aromatic heterocycles. The van der Waals surface area contributed by atoms with E-state index >= 15 is 0 Å². The number of benzene rings is 3. The van der Waals surface area contributed by atoms with Crippen LogP contribution < -0.4 is 14.4 Å². The molecule has 0 saturated heterocycles. The number of aromatic nitrogens is 1. The fourth-order valence-corrected chi connectivity index (χ4v) is 9.55.